The number of nitrogens with one attached hydrogen (secondary N) is 2. The van der Waals surface area contributed by atoms with E-state index in [4.69, 9.17) is 9.84 Å². The molecule has 3 N–H and O–H groups in total. The molecule has 0 aromatic heterocycles. The normalized spacial score (nSPS) is 29.6. The molecule has 8 nitrogen and oxygen atoms in total. The number of halogens is 1. The molecule has 204 valence electrons. The largest absolute Gasteiger partial charge is 0.396 e. The number of carbonyl (C=O) groups is 3. The molecule has 0 aliphatic carbocycles. The topological polar surface area (TPSA) is 108 Å². The standard InChI is InChI=1S/C29H36BrN3O5/c1-2-13-31-26(35)22-23-28(37)33(14-7-3-4-8-15-34)25(29(23)17-21(30)24(22)38-29)27(36)32-20-12-11-18-9-5-6-10-19(18)16-20/h5-6,9-12,16,21-25,34H,2-4,7-8,13-15,17H2,1H3,(H,31,35)(H,32,36)/t21?,22-,23+,24-,25?,29?/m1/s1. The third-order valence-electron chi connectivity index (χ3n) is 8.21. The number of hydrogen-bond acceptors (Lipinski definition) is 5. The van der Waals surface area contributed by atoms with Crippen LogP contribution in [0.3, 0.4) is 0 Å². The number of amides is 3. The summed E-state index contributed by atoms with van der Waals surface area (Å²) < 4.78 is 6.53. The second-order valence-electron chi connectivity index (χ2n) is 10.7. The van der Waals surface area contributed by atoms with Crippen molar-refractivity contribution >= 4 is 50.1 Å². The average molecular weight is 587 g/mol. The van der Waals surface area contributed by atoms with Gasteiger partial charge in [0.25, 0.3) is 0 Å². The van der Waals surface area contributed by atoms with Crippen LogP contribution in [-0.4, -0.2) is 70.0 Å². The van der Waals surface area contributed by atoms with Gasteiger partial charge in [-0.3, -0.25) is 14.4 Å². The van der Waals surface area contributed by atoms with Gasteiger partial charge in [0.05, 0.1) is 17.9 Å². The molecule has 9 heteroatoms. The molecule has 38 heavy (non-hydrogen) atoms. The highest BCUT2D eigenvalue weighted by Crippen LogP contribution is 2.60. The maximum Gasteiger partial charge on any atom is 0.250 e. The molecular formula is C29H36BrN3O5. The minimum atomic E-state index is -1.06. The molecule has 3 heterocycles. The fraction of sp³-hybridized carbons (Fsp3) is 0.552. The third kappa shape index (κ3) is 4.73. The van der Waals surface area contributed by atoms with Crippen molar-refractivity contribution in [3.05, 3.63) is 42.5 Å². The fourth-order valence-electron chi connectivity index (χ4n) is 6.56. The number of aliphatic hydroxyl groups excluding tert-OH is 1. The number of anilines is 1. The summed E-state index contributed by atoms with van der Waals surface area (Å²) in [5.41, 5.74) is -0.403. The lowest BCUT2D eigenvalue weighted by atomic mass is 9.70. The summed E-state index contributed by atoms with van der Waals surface area (Å²) in [5.74, 6) is -1.98. The Morgan fingerprint density at radius 2 is 1.87 bits per heavy atom. The molecule has 2 bridgehead atoms. The Morgan fingerprint density at radius 1 is 1.11 bits per heavy atom. The summed E-state index contributed by atoms with van der Waals surface area (Å²) in [6.07, 6.45) is 3.94. The van der Waals surface area contributed by atoms with Gasteiger partial charge in [0.1, 0.15) is 11.6 Å². The number of benzene rings is 2. The van der Waals surface area contributed by atoms with Crippen LogP contribution < -0.4 is 10.6 Å². The number of hydrogen-bond donors (Lipinski definition) is 3. The summed E-state index contributed by atoms with van der Waals surface area (Å²) in [7, 11) is 0. The van der Waals surface area contributed by atoms with Crippen LogP contribution in [0.25, 0.3) is 10.8 Å². The van der Waals surface area contributed by atoms with Crippen LogP contribution in [0.1, 0.15) is 45.4 Å². The zero-order valence-electron chi connectivity index (χ0n) is 21.7. The molecule has 2 aromatic rings. The van der Waals surface area contributed by atoms with E-state index >= 15 is 0 Å². The number of fused-ring (bicyclic) bond motifs is 2. The first-order valence-corrected chi connectivity index (χ1v) is 14.6. The highest BCUT2D eigenvalue weighted by atomic mass is 79.9. The van der Waals surface area contributed by atoms with Crippen molar-refractivity contribution in [1.82, 2.24) is 10.2 Å². The lowest BCUT2D eigenvalue weighted by molar-refractivity contribution is -0.140. The number of nitrogens with zero attached hydrogens (tertiary/aromatic N) is 1. The molecule has 1 spiro atoms. The van der Waals surface area contributed by atoms with Gasteiger partial charge in [0.2, 0.25) is 17.7 Å². The van der Waals surface area contributed by atoms with Crippen LogP contribution in [-0.2, 0) is 19.1 Å². The van der Waals surface area contributed by atoms with Crippen molar-refractivity contribution in [2.75, 3.05) is 25.0 Å². The first kappa shape index (κ1) is 27.1. The van der Waals surface area contributed by atoms with Gasteiger partial charge in [-0.05, 0) is 48.6 Å². The molecule has 3 amide bonds. The number of ether oxygens (including phenoxy) is 1. The monoisotopic (exact) mass is 585 g/mol. The van der Waals surface area contributed by atoms with Crippen molar-refractivity contribution in [3.8, 4) is 0 Å². The van der Waals surface area contributed by atoms with Crippen molar-refractivity contribution in [3.63, 3.8) is 0 Å². The first-order valence-electron chi connectivity index (χ1n) is 13.7. The minimum absolute atomic E-state index is 0.121. The van der Waals surface area contributed by atoms with E-state index in [1.165, 1.54) is 0 Å². The zero-order chi connectivity index (χ0) is 26.9. The Labute approximate surface area is 231 Å². The van der Waals surface area contributed by atoms with Gasteiger partial charge in [0.15, 0.2) is 0 Å². The van der Waals surface area contributed by atoms with Crippen LogP contribution in [0, 0.1) is 11.8 Å². The second kappa shape index (κ2) is 11.3. The zero-order valence-corrected chi connectivity index (χ0v) is 23.3. The molecule has 3 aliphatic rings. The summed E-state index contributed by atoms with van der Waals surface area (Å²) in [6, 6.07) is 12.9. The number of carbonyl (C=O) groups excluding carboxylic acids is 3. The Kier molecular flexibility index (Phi) is 8.07. The van der Waals surface area contributed by atoms with E-state index < -0.39 is 29.6 Å². The number of unbranched alkanes of at least 4 members (excludes halogenated alkanes) is 3. The van der Waals surface area contributed by atoms with Crippen LogP contribution in [0.15, 0.2) is 42.5 Å². The maximum atomic E-state index is 14.0. The van der Waals surface area contributed by atoms with Crippen LogP contribution >= 0.6 is 15.9 Å². The van der Waals surface area contributed by atoms with E-state index in [2.05, 4.69) is 26.6 Å². The summed E-state index contributed by atoms with van der Waals surface area (Å²) in [5, 5.41) is 17.2. The summed E-state index contributed by atoms with van der Waals surface area (Å²) >= 11 is 3.70. The fourth-order valence-corrected chi connectivity index (χ4v) is 7.50. The Bertz CT molecular complexity index is 1210. The molecule has 0 radical (unpaired) electrons. The van der Waals surface area contributed by atoms with Gasteiger partial charge in [-0.15, -0.1) is 0 Å². The van der Waals surface area contributed by atoms with E-state index in [9.17, 15) is 14.4 Å². The van der Waals surface area contributed by atoms with E-state index in [1.54, 1.807) is 4.90 Å². The molecular weight excluding hydrogens is 550 g/mol. The van der Waals surface area contributed by atoms with Crippen molar-refractivity contribution < 1.29 is 24.2 Å². The van der Waals surface area contributed by atoms with E-state index in [1.807, 2.05) is 49.4 Å². The predicted molar refractivity (Wildman–Crippen MR) is 149 cm³/mol. The Balaban J connectivity index is 1.44. The highest BCUT2D eigenvalue weighted by molar-refractivity contribution is 9.09. The van der Waals surface area contributed by atoms with Crippen LogP contribution in [0.2, 0.25) is 0 Å². The first-order chi connectivity index (χ1) is 18.4. The van der Waals surface area contributed by atoms with Crippen LogP contribution in [0.5, 0.6) is 0 Å². The maximum absolute atomic E-state index is 14.0. The third-order valence-corrected chi connectivity index (χ3v) is 9.06. The lowest BCUT2D eigenvalue weighted by Gasteiger charge is -2.34. The molecule has 3 unspecified atom stereocenters. The van der Waals surface area contributed by atoms with E-state index in [0.29, 0.717) is 38.0 Å². The van der Waals surface area contributed by atoms with Gasteiger partial charge in [-0.25, -0.2) is 0 Å². The van der Waals surface area contributed by atoms with E-state index in [-0.39, 0.29) is 29.2 Å². The molecule has 3 fully saturated rings. The SMILES string of the molecule is CCCNC(=O)[C@H]1[C@@H]2OC3(CC2Br)C(C(=O)Nc2ccc4ccccc4c2)N(CCCCCCO)C(=O)[C@H]13. The number of likely N-dealkylation sites (tertiary alicyclic amines) is 1. The number of alkyl halides is 1. The quantitative estimate of drug-likeness (QED) is 0.276. The van der Waals surface area contributed by atoms with Gasteiger partial charge in [-0.1, -0.05) is 66.0 Å². The average Bonchev–Trinajstić information content (AvgIpc) is 3.50. The minimum Gasteiger partial charge on any atom is -0.396 e. The van der Waals surface area contributed by atoms with Crippen molar-refractivity contribution in [2.45, 2.75) is 68.0 Å². The van der Waals surface area contributed by atoms with Gasteiger partial charge < -0.3 is 25.4 Å². The Hall–Kier alpha value is -2.49. The van der Waals surface area contributed by atoms with Crippen molar-refractivity contribution in [2.24, 2.45) is 11.8 Å². The molecule has 3 aliphatic heterocycles. The molecule has 5 rings (SSSR count). The number of aliphatic hydroxyl groups is 1. The number of rotatable bonds is 11. The highest BCUT2D eigenvalue weighted by Gasteiger charge is 2.76. The molecule has 2 aromatic carbocycles. The predicted octanol–water partition coefficient (Wildman–Crippen LogP) is 3.61. The lowest BCUT2D eigenvalue weighted by Crippen LogP contribution is -2.54. The van der Waals surface area contributed by atoms with Crippen LogP contribution in [0.4, 0.5) is 5.69 Å². The van der Waals surface area contributed by atoms with Gasteiger partial charge in [0, 0.05) is 30.2 Å². The van der Waals surface area contributed by atoms with Gasteiger partial charge in [-0.2, -0.15) is 0 Å². The smallest absolute Gasteiger partial charge is 0.250 e. The summed E-state index contributed by atoms with van der Waals surface area (Å²) in [6.45, 7) is 3.06. The Morgan fingerprint density at radius 3 is 2.63 bits per heavy atom. The molecule has 6 atom stereocenters. The second-order valence-corrected chi connectivity index (χ2v) is 11.9. The molecule has 3 saturated heterocycles. The summed E-state index contributed by atoms with van der Waals surface area (Å²) in [4.78, 5) is 42.7. The van der Waals surface area contributed by atoms with Crippen molar-refractivity contribution in [1.29, 1.82) is 0 Å². The van der Waals surface area contributed by atoms with Gasteiger partial charge >= 0.3 is 0 Å². The molecule has 0 saturated carbocycles. The van der Waals surface area contributed by atoms with E-state index in [0.717, 1.165) is 30.0 Å².